The van der Waals surface area contributed by atoms with Crippen LogP contribution >= 0.6 is 11.8 Å². The number of carbonyl (C=O) groups excluding carboxylic acids is 1. The first-order valence-corrected chi connectivity index (χ1v) is 6.69. The van der Waals surface area contributed by atoms with Gasteiger partial charge in [0.25, 0.3) is 0 Å². The van der Waals surface area contributed by atoms with Gasteiger partial charge in [-0.15, -0.1) is 0 Å². The van der Waals surface area contributed by atoms with Crippen LogP contribution in [-0.2, 0) is 4.74 Å². The smallest absolute Gasteiger partial charge is 0.162 e. The first-order chi connectivity index (χ1) is 7.86. The van der Waals surface area contributed by atoms with Crippen molar-refractivity contribution in [2.45, 2.75) is 18.1 Å². The van der Waals surface area contributed by atoms with Gasteiger partial charge in [-0.1, -0.05) is 30.3 Å². The van der Waals surface area contributed by atoms with Gasteiger partial charge in [0.15, 0.2) is 5.78 Å². The molecule has 0 radical (unpaired) electrons. The molecule has 1 aliphatic rings. The van der Waals surface area contributed by atoms with E-state index in [2.05, 4.69) is 0 Å². The van der Waals surface area contributed by atoms with Crippen molar-refractivity contribution in [3.05, 3.63) is 35.9 Å². The maximum Gasteiger partial charge on any atom is 0.162 e. The first-order valence-electron chi connectivity index (χ1n) is 5.64. The van der Waals surface area contributed by atoms with Crippen molar-refractivity contribution in [2.24, 2.45) is 0 Å². The van der Waals surface area contributed by atoms with Crippen LogP contribution in [0, 0.1) is 0 Å². The van der Waals surface area contributed by atoms with E-state index in [0.29, 0.717) is 11.7 Å². The van der Waals surface area contributed by atoms with Crippen molar-refractivity contribution in [1.82, 2.24) is 0 Å². The zero-order chi connectivity index (χ0) is 11.2. The zero-order valence-corrected chi connectivity index (χ0v) is 10.0. The van der Waals surface area contributed by atoms with Crippen LogP contribution in [0.3, 0.4) is 0 Å². The molecule has 0 saturated carbocycles. The van der Waals surface area contributed by atoms with Crippen LogP contribution in [0.4, 0.5) is 0 Å². The minimum atomic E-state index is 0.256. The van der Waals surface area contributed by atoms with Gasteiger partial charge < -0.3 is 4.74 Å². The number of ketones is 1. The molecule has 0 unspecified atom stereocenters. The van der Waals surface area contributed by atoms with Gasteiger partial charge in [0, 0.05) is 12.0 Å². The topological polar surface area (TPSA) is 26.3 Å². The average Bonchev–Trinajstić information content (AvgIpc) is 2.27. The summed E-state index contributed by atoms with van der Waals surface area (Å²) in [5.74, 6) is 1.32. The molecule has 1 aliphatic heterocycles. The van der Waals surface area contributed by atoms with Gasteiger partial charge in [-0.05, 0) is 12.2 Å². The van der Waals surface area contributed by atoms with Gasteiger partial charge in [-0.25, -0.2) is 0 Å². The van der Waals surface area contributed by atoms with Crippen LogP contribution in [0.5, 0.6) is 0 Å². The Hall–Kier alpha value is -0.800. The lowest BCUT2D eigenvalue weighted by molar-refractivity contribution is 0.0455. The van der Waals surface area contributed by atoms with Crippen LogP contribution in [0.25, 0.3) is 0 Å². The fourth-order valence-electron chi connectivity index (χ4n) is 1.56. The molecule has 0 atom stereocenters. The Labute approximate surface area is 100 Å². The number of ether oxygens (including phenoxy) is 1. The highest BCUT2D eigenvalue weighted by molar-refractivity contribution is 8.00. The zero-order valence-electron chi connectivity index (χ0n) is 9.22. The highest BCUT2D eigenvalue weighted by Crippen LogP contribution is 2.20. The molecule has 1 heterocycles. The van der Waals surface area contributed by atoms with Crippen molar-refractivity contribution in [2.75, 3.05) is 19.0 Å². The Bertz CT molecular complexity index is 333. The summed E-state index contributed by atoms with van der Waals surface area (Å²) in [6.45, 7) is 1.77. The van der Waals surface area contributed by atoms with E-state index in [1.54, 1.807) is 0 Å². The van der Waals surface area contributed by atoms with E-state index in [-0.39, 0.29) is 5.78 Å². The average molecular weight is 236 g/mol. The molecule has 2 nitrogen and oxygen atoms in total. The third-order valence-corrected chi connectivity index (χ3v) is 3.87. The number of carbonyl (C=O) groups is 1. The molecule has 0 bridgehead atoms. The number of rotatable bonds is 6. The summed E-state index contributed by atoms with van der Waals surface area (Å²) in [5, 5.41) is 0.673. The highest BCUT2D eigenvalue weighted by atomic mass is 32.2. The molecule has 1 fully saturated rings. The molecule has 0 amide bonds. The molecule has 1 aromatic rings. The molecule has 1 saturated heterocycles. The summed E-state index contributed by atoms with van der Waals surface area (Å²) >= 11 is 1.92. The normalized spacial score (nSPS) is 15.8. The largest absolute Gasteiger partial charge is 0.379 e. The third-order valence-electron chi connectivity index (χ3n) is 2.60. The Morgan fingerprint density at radius 2 is 2.06 bits per heavy atom. The summed E-state index contributed by atoms with van der Waals surface area (Å²) in [5.41, 5.74) is 0.833. The number of thioether (sulfide) groups is 1. The first kappa shape index (κ1) is 11.7. The molecule has 3 heteroatoms. The van der Waals surface area contributed by atoms with Crippen molar-refractivity contribution in [3.8, 4) is 0 Å². The molecule has 0 aromatic heterocycles. The summed E-state index contributed by atoms with van der Waals surface area (Å²) < 4.78 is 5.09. The Morgan fingerprint density at radius 3 is 2.69 bits per heavy atom. The van der Waals surface area contributed by atoms with Gasteiger partial charge in [-0.2, -0.15) is 11.8 Å². The Kier molecular flexibility index (Phi) is 4.43. The second kappa shape index (κ2) is 6.06. The van der Waals surface area contributed by atoms with E-state index in [0.717, 1.165) is 31.0 Å². The van der Waals surface area contributed by atoms with E-state index < -0.39 is 0 Å². The fraction of sp³-hybridized carbons (Fsp3) is 0.462. The number of Topliss-reactive ketones (excluding diaryl/α,β-unsaturated/α-hetero) is 1. The predicted octanol–water partition coefficient (Wildman–Crippen LogP) is 2.78. The van der Waals surface area contributed by atoms with Crippen molar-refractivity contribution in [1.29, 1.82) is 0 Å². The summed E-state index contributed by atoms with van der Waals surface area (Å²) in [6.07, 6.45) is 1.62. The Balaban J connectivity index is 1.64. The van der Waals surface area contributed by atoms with Crippen molar-refractivity contribution >= 4 is 17.5 Å². The van der Waals surface area contributed by atoms with Crippen LogP contribution in [0.1, 0.15) is 23.2 Å². The second-order valence-corrected chi connectivity index (χ2v) is 5.33. The molecular weight excluding hydrogens is 220 g/mol. The number of benzene rings is 1. The lowest BCUT2D eigenvalue weighted by Gasteiger charge is -2.25. The van der Waals surface area contributed by atoms with Crippen LogP contribution in [-0.4, -0.2) is 30.0 Å². The second-order valence-electron chi connectivity index (χ2n) is 3.92. The van der Waals surface area contributed by atoms with Crippen molar-refractivity contribution < 1.29 is 9.53 Å². The number of hydrogen-bond acceptors (Lipinski definition) is 3. The molecule has 1 aromatic carbocycles. The molecule has 0 aliphatic carbocycles. The van der Waals surface area contributed by atoms with Gasteiger partial charge in [0.05, 0.1) is 18.5 Å². The number of hydrogen-bond donors (Lipinski definition) is 0. The fourth-order valence-corrected chi connectivity index (χ4v) is 2.59. The molecule has 0 N–H and O–H groups in total. The van der Waals surface area contributed by atoms with Crippen LogP contribution in [0.15, 0.2) is 30.3 Å². The van der Waals surface area contributed by atoms with E-state index in [9.17, 15) is 4.79 Å². The predicted molar refractivity (Wildman–Crippen MR) is 67.1 cm³/mol. The van der Waals surface area contributed by atoms with E-state index in [4.69, 9.17) is 4.74 Å². The van der Waals surface area contributed by atoms with Crippen molar-refractivity contribution in [3.63, 3.8) is 0 Å². The quantitative estimate of drug-likeness (QED) is 0.561. The lowest BCUT2D eigenvalue weighted by atomic mass is 10.1. The van der Waals surface area contributed by atoms with Gasteiger partial charge in [0.2, 0.25) is 0 Å². The summed E-state index contributed by atoms with van der Waals surface area (Å²) in [6, 6.07) is 9.52. The van der Waals surface area contributed by atoms with Crippen LogP contribution < -0.4 is 0 Å². The Morgan fingerprint density at radius 1 is 1.31 bits per heavy atom. The maximum atomic E-state index is 11.7. The van der Waals surface area contributed by atoms with Gasteiger partial charge >= 0.3 is 0 Å². The molecule has 86 valence electrons. The van der Waals surface area contributed by atoms with Gasteiger partial charge in [0.1, 0.15) is 0 Å². The SMILES string of the molecule is O=C(CCCSC1COC1)c1ccccc1. The molecular formula is C13H16O2S. The summed E-state index contributed by atoms with van der Waals surface area (Å²) in [7, 11) is 0. The van der Waals surface area contributed by atoms with E-state index in [1.807, 2.05) is 42.1 Å². The molecule has 2 rings (SSSR count). The minimum absolute atomic E-state index is 0.256. The van der Waals surface area contributed by atoms with Gasteiger partial charge in [-0.3, -0.25) is 4.79 Å². The monoisotopic (exact) mass is 236 g/mol. The molecule has 0 spiro atoms. The van der Waals surface area contributed by atoms with E-state index >= 15 is 0 Å². The minimum Gasteiger partial charge on any atom is -0.379 e. The standard InChI is InChI=1S/C13H16O2S/c14-13(11-5-2-1-3-6-11)7-4-8-16-12-9-15-10-12/h1-3,5-6,12H,4,7-10H2. The molecule has 16 heavy (non-hydrogen) atoms. The lowest BCUT2D eigenvalue weighted by Crippen LogP contribution is -2.30. The maximum absolute atomic E-state index is 11.7. The van der Waals surface area contributed by atoms with Crippen LogP contribution in [0.2, 0.25) is 0 Å². The highest BCUT2D eigenvalue weighted by Gasteiger charge is 2.18. The van der Waals surface area contributed by atoms with E-state index in [1.165, 1.54) is 0 Å². The summed E-state index contributed by atoms with van der Waals surface area (Å²) in [4.78, 5) is 11.7. The third kappa shape index (κ3) is 3.35.